The third-order valence-electron chi connectivity index (χ3n) is 4.06. The summed E-state index contributed by atoms with van der Waals surface area (Å²) in [7, 11) is 0. The summed E-state index contributed by atoms with van der Waals surface area (Å²) in [5.41, 5.74) is 0. The maximum absolute atomic E-state index is 11.8. The van der Waals surface area contributed by atoms with Crippen LogP contribution in [0.1, 0.15) is 32.1 Å². The Morgan fingerprint density at radius 1 is 1.11 bits per heavy atom. The third-order valence-corrected chi connectivity index (χ3v) is 4.06. The fraction of sp³-hybridized carbons (Fsp3) is 0.846. The van der Waals surface area contributed by atoms with E-state index < -0.39 is 5.97 Å². The van der Waals surface area contributed by atoms with Crippen molar-refractivity contribution in [3.05, 3.63) is 0 Å². The van der Waals surface area contributed by atoms with Crippen LogP contribution in [0, 0.1) is 0 Å². The lowest BCUT2D eigenvalue weighted by Gasteiger charge is -2.37. The monoisotopic (exact) mass is 269 g/mol. The number of urea groups is 1. The Morgan fingerprint density at radius 2 is 1.74 bits per heavy atom. The van der Waals surface area contributed by atoms with Crippen LogP contribution in [0.4, 0.5) is 4.79 Å². The van der Waals surface area contributed by atoms with Gasteiger partial charge in [0.25, 0.3) is 0 Å². The smallest absolute Gasteiger partial charge is 0.317 e. The maximum Gasteiger partial charge on any atom is 0.317 e. The molecule has 1 saturated heterocycles. The van der Waals surface area contributed by atoms with E-state index in [2.05, 4.69) is 10.2 Å². The zero-order valence-electron chi connectivity index (χ0n) is 11.3. The normalized spacial score (nSPS) is 21.6. The average molecular weight is 269 g/mol. The number of carboxylic acids is 1. The van der Waals surface area contributed by atoms with Gasteiger partial charge in [0, 0.05) is 38.8 Å². The second kappa shape index (κ2) is 6.75. The number of carbonyl (C=O) groups is 2. The van der Waals surface area contributed by atoms with Gasteiger partial charge in [-0.3, -0.25) is 9.69 Å². The first-order chi connectivity index (χ1) is 9.16. The quantitative estimate of drug-likeness (QED) is 0.789. The molecule has 6 heteroatoms. The Labute approximate surface area is 113 Å². The number of amides is 2. The minimum atomic E-state index is -0.883. The summed E-state index contributed by atoms with van der Waals surface area (Å²) >= 11 is 0. The molecule has 0 bridgehead atoms. The van der Waals surface area contributed by atoms with Crippen LogP contribution in [0.15, 0.2) is 0 Å². The maximum atomic E-state index is 11.8. The molecule has 0 unspecified atom stereocenters. The summed E-state index contributed by atoms with van der Waals surface area (Å²) in [6, 6.07) is 0.588. The zero-order valence-corrected chi connectivity index (χ0v) is 11.3. The summed E-state index contributed by atoms with van der Waals surface area (Å²) in [6.45, 7) is 3.58. The fourth-order valence-corrected chi connectivity index (χ4v) is 2.95. The van der Waals surface area contributed by atoms with Crippen molar-refractivity contribution < 1.29 is 14.7 Å². The molecule has 0 atom stereocenters. The van der Waals surface area contributed by atoms with Gasteiger partial charge in [-0.05, 0) is 12.8 Å². The standard InChI is InChI=1S/C13H23N3O3/c17-12(18)5-6-14-13(19)16-9-7-15(8-10-16)11-3-1-2-4-11/h11H,1-10H2,(H,14,19)(H,17,18). The van der Waals surface area contributed by atoms with Crippen molar-refractivity contribution in [2.24, 2.45) is 0 Å². The van der Waals surface area contributed by atoms with Crippen molar-refractivity contribution in [3.63, 3.8) is 0 Å². The molecule has 6 nitrogen and oxygen atoms in total. The van der Waals surface area contributed by atoms with Crippen LogP contribution in [0.3, 0.4) is 0 Å². The molecule has 1 saturated carbocycles. The molecular weight excluding hydrogens is 246 g/mol. The largest absolute Gasteiger partial charge is 0.481 e. The van der Waals surface area contributed by atoms with Crippen molar-refractivity contribution in [2.75, 3.05) is 32.7 Å². The summed E-state index contributed by atoms with van der Waals surface area (Å²) in [5, 5.41) is 11.2. The van der Waals surface area contributed by atoms with E-state index in [0.717, 1.165) is 32.2 Å². The zero-order chi connectivity index (χ0) is 13.7. The number of hydrogen-bond acceptors (Lipinski definition) is 3. The number of nitrogens with one attached hydrogen (secondary N) is 1. The van der Waals surface area contributed by atoms with Gasteiger partial charge in [0.05, 0.1) is 6.42 Å². The number of rotatable bonds is 4. The van der Waals surface area contributed by atoms with E-state index in [9.17, 15) is 9.59 Å². The Hall–Kier alpha value is -1.30. The van der Waals surface area contributed by atoms with Crippen LogP contribution in [-0.2, 0) is 4.79 Å². The predicted molar refractivity (Wildman–Crippen MR) is 71.1 cm³/mol. The van der Waals surface area contributed by atoms with Gasteiger partial charge in [-0.15, -0.1) is 0 Å². The van der Waals surface area contributed by atoms with E-state index in [0.29, 0.717) is 0 Å². The molecule has 0 spiro atoms. The lowest BCUT2D eigenvalue weighted by atomic mass is 10.2. The Balaban J connectivity index is 1.67. The van der Waals surface area contributed by atoms with Gasteiger partial charge in [0.1, 0.15) is 0 Å². The molecule has 1 aliphatic heterocycles. The Bertz CT molecular complexity index is 321. The van der Waals surface area contributed by atoms with Crippen molar-refractivity contribution in [2.45, 2.75) is 38.1 Å². The minimum absolute atomic E-state index is 0.0201. The highest BCUT2D eigenvalue weighted by Gasteiger charge is 2.27. The van der Waals surface area contributed by atoms with E-state index in [1.807, 2.05) is 0 Å². The van der Waals surface area contributed by atoms with E-state index in [1.54, 1.807) is 4.90 Å². The molecule has 2 aliphatic rings. The van der Waals surface area contributed by atoms with Gasteiger partial charge in [0.2, 0.25) is 0 Å². The first-order valence-electron chi connectivity index (χ1n) is 7.15. The van der Waals surface area contributed by atoms with Crippen molar-refractivity contribution in [1.29, 1.82) is 0 Å². The number of piperazine rings is 1. The number of carbonyl (C=O) groups excluding carboxylic acids is 1. The summed E-state index contributed by atoms with van der Waals surface area (Å²) in [6.07, 6.45) is 5.24. The van der Waals surface area contributed by atoms with Gasteiger partial charge in [0.15, 0.2) is 0 Å². The fourth-order valence-electron chi connectivity index (χ4n) is 2.95. The summed E-state index contributed by atoms with van der Waals surface area (Å²) in [4.78, 5) is 26.5. The van der Waals surface area contributed by atoms with Gasteiger partial charge < -0.3 is 15.3 Å². The number of carboxylic acid groups (broad SMARTS) is 1. The Kier molecular flexibility index (Phi) is 5.01. The molecule has 2 rings (SSSR count). The topological polar surface area (TPSA) is 72.9 Å². The Morgan fingerprint density at radius 3 is 2.32 bits per heavy atom. The molecule has 0 aromatic rings. The minimum Gasteiger partial charge on any atom is -0.481 e. The van der Waals surface area contributed by atoms with E-state index in [-0.39, 0.29) is 19.0 Å². The molecule has 0 aromatic carbocycles. The summed E-state index contributed by atoms with van der Waals surface area (Å²) in [5.74, 6) is -0.883. The van der Waals surface area contributed by atoms with Crippen LogP contribution in [-0.4, -0.2) is 65.7 Å². The highest BCUT2D eigenvalue weighted by Crippen LogP contribution is 2.24. The van der Waals surface area contributed by atoms with Crippen LogP contribution in [0.2, 0.25) is 0 Å². The van der Waals surface area contributed by atoms with Crippen molar-refractivity contribution in [1.82, 2.24) is 15.1 Å². The first kappa shape index (κ1) is 14.1. The second-order valence-corrected chi connectivity index (χ2v) is 5.34. The molecule has 0 aromatic heterocycles. The molecule has 19 heavy (non-hydrogen) atoms. The lowest BCUT2D eigenvalue weighted by molar-refractivity contribution is -0.136. The second-order valence-electron chi connectivity index (χ2n) is 5.34. The van der Waals surface area contributed by atoms with Gasteiger partial charge in [-0.1, -0.05) is 12.8 Å². The van der Waals surface area contributed by atoms with Crippen LogP contribution >= 0.6 is 0 Å². The lowest BCUT2D eigenvalue weighted by Crippen LogP contribution is -2.53. The number of hydrogen-bond donors (Lipinski definition) is 2. The van der Waals surface area contributed by atoms with E-state index in [4.69, 9.17) is 5.11 Å². The predicted octanol–water partition coefficient (Wildman–Crippen LogP) is 0.731. The van der Waals surface area contributed by atoms with Crippen LogP contribution in [0.25, 0.3) is 0 Å². The third kappa shape index (κ3) is 4.09. The molecule has 2 N–H and O–H groups in total. The molecule has 108 valence electrons. The number of aliphatic carboxylic acids is 1. The van der Waals surface area contributed by atoms with E-state index in [1.165, 1.54) is 25.7 Å². The first-order valence-corrected chi connectivity index (χ1v) is 7.15. The molecule has 1 heterocycles. The summed E-state index contributed by atoms with van der Waals surface area (Å²) < 4.78 is 0. The molecule has 1 aliphatic carbocycles. The molecule has 2 amide bonds. The van der Waals surface area contributed by atoms with Gasteiger partial charge in [-0.2, -0.15) is 0 Å². The van der Waals surface area contributed by atoms with Crippen LogP contribution in [0.5, 0.6) is 0 Å². The highest BCUT2D eigenvalue weighted by atomic mass is 16.4. The highest BCUT2D eigenvalue weighted by molar-refractivity contribution is 5.75. The SMILES string of the molecule is O=C(O)CCNC(=O)N1CCN(C2CCCC2)CC1. The van der Waals surface area contributed by atoms with Crippen LogP contribution < -0.4 is 5.32 Å². The molecule has 2 fully saturated rings. The van der Waals surface area contributed by atoms with Gasteiger partial charge in [-0.25, -0.2) is 4.79 Å². The average Bonchev–Trinajstić information content (AvgIpc) is 2.92. The van der Waals surface area contributed by atoms with Gasteiger partial charge >= 0.3 is 12.0 Å². The van der Waals surface area contributed by atoms with Crippen molar-refractivity contribution >= 4 is 12.0 Å². The molecular formula is C13H23N3O3. The number of nitrogens with zero attached hydrogens (tertiary/aromatic N) is 2. The van der Waals surface area contributed by atoms with E-state index >= 15 is 0 Å². The van der Waals surface area contributed by atoms with Crippen molar-refractivity contribution in [3.8, 4) is 0 Å². The molecule has 0 radical (unpaired) electrons.